The van der Waals surface area contributed by atoms with Crippen LogP contribution in [0.15, 0.2) is 11.2 Å². The summed E-state index contributed by atoms with van der Waals surface area (Å²) in [5, 5.41) is 7.31. The maximum Gasteiger partial charge on any atom is 0.211 e. The minimum atomic E-state index is -3.13. The molecule has 0 fully saturated rings. The van der Waals surface area contributed by atoms with E-state index in [-0.39, 0.29) is 29.7 Å². The van der Waals surface area contributed by atoms with Crippen molar-refractivity contribution in [2.24, 2.45) is 4.99 Å². The van der Waals surface area contributed by atoms with E-state index in [9.17, 15) is 8.42 Å². The minimum absolute atomic E-state index is 0. The van der Waals surface area contributed by atoms with Crippen molar-refractivity contribution in [3.8, 4) is 0 Å². The van der Waals surface area contributed by atoms with Crippen LogP contribution in [0.4, 0.5) is 0 Å². The number of hydrogen-bond acceptors (Lipinski definition) is 5. The predicted molar refractivity (Wildman–Crippen MR) is 103 cm³/mol. The zero-order valence-electron chi connectivity index (χ0n) is 13.0. The number of hydrogen-bond donors (Lipinski definition) is 3. The van der Waals surface area contributed by atoms with Crippen molar-refractivity contribution < 1.29 is 8.42 Å². The molecule has 10 heteroatoms. The predicted octanol–water partition coefficient (Wildman–Crippen LogP) is 0.716. The molecule has 0 radical (unpaired) electrons. The first-order valence-corrected chi connectivity index (χ1v) is 9.27. The standard InChI is InChI=1S/C12H23N5O2S2.HI/c1-4-21(18,19)17-8-7-15-12(13-3)14-6-5-11-16-9-10(2)20-11;/h9,17H,4-8H2,1-3H3,(H2,13,14,15);1H. The molecule has 0 saturated heterocycles. The molecule has 0 spiro atoms. The van der Waals surface area contributed by atoms with E-state index < -0.39 is 10.0 Å². The van der Waals surface area contributed by atoms with Crippen LogP contribution in [-0.2, 0) is 16.4 Å². The molecule has 0 aliphatic carbocycles. The van der Waals surface area contributed by atoms with Crippen LogP contribution in [0.1, 0.15) is 16.8 Å². The molecule has 1 aromatic heterocycles. The van der Waals surface area contributed by atoms with Gasteiger partial charge in [0.1, 0.15) is 0 Å². The maximum absolute atomic E-state index is 11.3. The van der Waals surface area contributed by atoms with Crippen molar-refractivity contribution in [2.75, 3.05) is 32.4 Å². The second kappa shape index (κ2) is 11.1. The highest BCUT2D eigenvalue weighted by Gasteiger charge is 2.05. The zero-order valence-corrected chi connectivity index (χ0v) is 17.0. The van der Waals surface area contributed by atoms with Gasteiger partial charge in [-0.3, -0.25) is 4.99 Å². The molecule has 0 aliphatic rings. The Morgan fingerprint density at radius 1 is 1.32 bits per heavy atom. The third-order valence-corrected chi connectivity index (χ3v) is 5.02. The highest BCUT2D eigenvalue weighted by Crippen LogP contribution is 2.10. The van der Waals surface area contributed by atoms with Crippen molar-refractivity contribution in [3.05, 3.63) is 16.1 Å². The SMILES string of the molecule is CCS(=O)(=O)NCCNC(=NC)NCCc1ncc(C)s1.I. The summed E-state index contributed by atoms with van der Waals surface area (Å²) in [7, 11) is -1.45. The molecule has 3 N–H and O–H groups in total. The Hall–Kier alpha value is -0.460. The number of aryl methyl sites for hydroxylation is 1. The van der Waals surface area contributed by atoms with Crippen molar-refractivity contribution in [1.82, 2.24) is 20.3 Å². The third-order valence-electron chi connectivity index (χ3n) is 2.64. The molecule has 1 rings (SSSR count). The van der Waals surface area contributed by atoms with Crippen molar-refractivity contribution in [3.63, 3.8) is 0 Å². The normalized spacial score (nSPS) is 11.9. The van der Waals surface area contributed by atoms with Crippen LogP contribution < -0.4 is 15.4 Å². The fourth-order valence-corrected chi connectivity index (χ4v) is 2.92. The largest absolute Gasteiger partial charge is 0.356 e. The second-order valence-corrected chi connectivity index (χ2v) is 7.75. The first-order chi connectivity index (χ1) is 9.96. The lowest BCUT2D eigenvalue weighted by Gasteiger charge is -2.11. The summed E-state index contributed by atoms with van der Waals surface area (Å²) in [4.78, 5) is 9.57. The van der Waals surface area contributed by atoms with E-state index in [4.69, 9.17) is 0 Å². The van der Waals surface area contributed by atoms with Gasteiger partial charge in [-0.05, 0) is 13.8 Å². The summed E-state index contributed by atoms with van der Waals surface area (Å²) in [5.74, 6) is 0.742. The lowest BCUT2D eigenvalue weighted by atomic mass is 10.4. The second-order valence-electron chi connectivity index (χ2n) is 4.34. The first kappa shape index (κ1) is 21.5. The average Bonchev–Trinajstić information content (AvgIpc) is 2.87. The summed E-state index contributed by atoms with van der Waals surface area (Å²) in [6.07, 6.45) is 2.70. The number of rotatable bonds is 8. The Morgan fingerprint density at radius 3 is 2.55 bits per heavy atom. The topological polar surface area (TPSA) is 95.5 Å². The molecule has 0 unspecified atom stereocenters. The fraction of sp³-hybridized carbons (Fsp3) is 0.667. The van der Waals surface area contributed by atoms with Crippen LogP contribution in [0.2, 0.25) is 0 Å². The monoisotopic (exact) mass is 461 g/mol. The average molecular weight is 461 g/mol. The summed E-state index contributed by atoms with van der Waals surface area (Å²) in [5.41, 5.74) is 0. The van der Waals surface area contributed by atoms with Gasteiger partial charge in [0.25, 0.3) is 0 Å². The number of thiazole rings is 1. The Bertz CT molecular complexity index is 560. The smallest absolute Gasteiger partial charge is 0.211 e. The number of nitrogens with zero attached hydrogens (tertiary/aromatic N) is 2. The van der Waals surface area contributed by atoms with Crippen LogP contribution in [0.5, 0.6) is 0 Å². The lowest BCUT2D eigenvalue weighted by molar-refractivity contribution is 0.582. The van der Waals surface area contributed by atoms with Gasteiger partial charge < -0.3 is 10.6 Å². The van der Waals surface area contributed by atoms with Gasteiger partial charge in [-0.15, -0.1) is 35.3 Å². The molecular weight excluding hydrogens is 437 g/mol. The minimum Gasteiger partial charge on any atom is -0.356 e. The van der Waals surface area contributed by atoms with E-state index in [0.717, 1.165) is 18.0 Å². The number of nitrogens with one attached hydrogen (secondary N) is 3. The van der Waals surface area contributed by atoms with Crippen LogP contribution in [-0.4, -0.2) is 51.8 Å². The van der Waals surface area contributed by atoms with Gasteiger partial charge in [0, 0.05) is 44.2 Å². The van der Waals surface area contributed by atoms with E-state index in [1.54, 1.807) is 25.3 Å². The maximum atomic E-state index is 11.3. The molecule has 0 amide bonds. The Balaban J connectivity index is 0.00000441. The molecule has 0 bridgehead atoms. The van der Waals surface area contributed by atoms with Crippen LogP contribution >= 0.6 is 35.3 Å². The van der Waals surface area contributed by atoms with E-state index in [1.807, 2.05) is 13.1 Å². The lowest BCUT2D eigenvalue weighted by Crippen LogP contribution is -2.42. The number of guanidine groups is 1. The summed E-state index contributed by atoms with van der Waals surface area (Å²) in [6, 6.07) is 0. The molecule has 7 nitrogen and oxygen atoms in total. The van der Waals surface area contributed by atoms with Crippen molar-refractivity contribution in [2.45, 2.75) is 20.3 Å². The van der Waals surface area contributed by atoms with Gasteiger partial charge in [-0.1, -0.05) is 0 Å². The Kier molecular flexibility index (Phi) is 10.9. The van der Waals surface area contributed by atoms with Crippen molar-refractivity contribution >= 4 is 51.3 Å². The van der Waals surface area contributed by atoms with Gasteiger partial charge in [-0.25, -0.2) is 18.1 Å². The van der Waals surface area contributed by atoms with Gasteiger partial charge >= 0.3 is 0 Å². The van der Waals surface area contributed by atoms with Crippen LogP contribution in [0.25, 0.3) is 0 Å². The zero-order chi connectivity index (χ0) is 15.7. The highest BCUT2D eigenvalue weighted by molar-refractivity contribution is 14.0. The molecule has 22 heavy (non-hydrogen) atoms. The molecule has 0 atom stereocenters. The fourth-order valence-electron chi connectivity index (χ4n) is 1.51. The van der Waals surface area contributed by atoms with E-state index >= 15 is 0 Å². The van der Waals surface area contributed by atoms with E-state index in [0.29, 0.717) is 19.0 Å². The molecule has 0 saturated carbocycles. The summed E-state index contributed by atoms with van der Waals surface area (Å²) >= 11 is 1.69. The Labute approximate surface area is 153 Å². The number of sulfonamides is 1. The van der Waals surface area contributed by atoms with Gasteiger partial charge in [0.15, 0.2) is 5.96 Å². The first-order valence-electron chi connectivity index (χ1n) is 6.80. The molecule has 128 valence electrons. The third kappa shape index (κ3) is 8.86. The quantitative estimate of drug-likeness (QED) is 0.230. The summed E-state index contributed by atoms with van der Waals surface area (Å²) in [6.45, 7) is 5.19. The molecule has 1 aromatic rings. The molecular formula is C12H24IN5O2S2. The number of halogens is 1. The van der Waals surface area contributed by atoms with E-state index in [2.05, 4.69) is 25.3 Å². The number of aliphatic imine (C=N–C) groups is 1. The molecule has 0 aliphatic heterocycles. The highest BCUT2D eigenvalue weighted by atomic mass is 127. The molecule has 0 aromatic carbocycles. The molecule has 1 heterocycles. The Morgan fingerprint density at radius 2 is 2.00 bits per heavy atom. The van der Waals surface area contributed by atoms with Gasteiger partial charge in [0.2, 0.25) is 10.0 Å². The van der Waals surface area contributed by atoms with Crippen LogP contribution in [0, 0.1) is 6.92 Å². The summed E-state index contributed by atoms with van der Waals surface area (Å²) < 4.78 is 25.0. The van der Waals surface area contributed by atoms with Crippen molar-refractivity contribution in [1.29, 1.82) is 0 Å². The van der Waals surface area contributed by atoms with E-state index in [1.165, 1.54) is 4.88 Å². The van der Waals surface area contributed by atoms with Gasteiger partial charge in [0.05, 0.1) is 10.8 Å². The number of aromatic nitrogens is 1. The van der Waals surface area contributed by atoms with Gasteiger partial charge in [-0.2, -0.15) is 0 Å². The van der Waals surface area contributed by atoms with Crippen LogP contribution in [0.3, 0.4) is 0 Å².